The lowest BCUT2D eigenvalue weighted by Crippen LogP contribution is -2.19. The predicted octanol–water partition coefficient (Wildman–Crippen LogP) is 3.40. The van der Waals surface area contributed by atoms with E-state index in [1.165, 1.54) is 12.8 Å². The fraction of sp³-hybridized carbons (Fsp3) is 1.00. The first-order valence-corrected chi connectivity index (χ1v) is 5.73. The first-order valence-electron chi connectivity index (χ1n) is 3.31. The monoisotopic (exact) mass is 339 g/mol. The van der Waals surface area contributed by atoms with Crippen molar-refractivity contribution in [2.24, 2.45) is 0 Å². The van der Waals surface area contributed by atoms with E-state index < -0.39 is 0 Å². The number of halogens is 3. The zero-order valence-corrected chi connectivity index (χ0v) is 10.5. The molecule has 0 rings (SSSR count). The van der Waals surface area contributed by atoms with Crippen molar-refractivity contribution in [1.82, 2.24) is 3.11 Å². The fourth-order valence-electron chi connectivity index (χ4n) is 0.668. The summed E-state index contributed by atoms with van der Waals surface area (Å²) in [6, 6.07) is 0.604. The Hall–Kier alpha value is 1.46. The Balaban J connectivity index is 3.27. The number of nitrogens with zero attached hydrogens (tertiary/aromatic N) is 1. The predicted molar refractivity (Wildman–Crippen MR) is 59.1 cm³/mol. The maximum atomic E-state index is 5.59. The average Bonchev–Trinajstić information content (AvgIpc) is 1.88. The number of hydrogen-bond acceptors (Lipinski definition) is 1. The minimum absolute atomic E-state index is 0.591. The van der Waals surface area contributed by atoms with Crippen molar-refractivity contribution in [3.8, 4) is 0 Å². The zero-order valence-electron chi connectivity index (χ0n) is 5.99. The van der Waals surface area contributed by atoms with Crippen LogP contribution in [0.4, 0.5) is 0 Å². The van der Waals surface area contributed by atoms with Crippen LogP contribution in [0.5, 0.6) is 0 Å². The highest BCUT2D eigenvalue weighted by Gasteiger charge is 2.06. The van der Waals surface area contributed by atoms with E-state index in [1.807, 2.05) is 0 Å². The molecule has 4 heteroatoms. The molecule has 0 heterocycles. The summed E-state index contributed by atoms with van der Waals surface area (Å²) >= 11 is 11.4. The molecule has 62 valence electrons. The Bertz CT molecular complexity index is 84.1. The van der Waals surface area contributed by atoms with Crippen molar-refractivity contribution < 1.29 is 0 Å². The summed E-state index contributed by atoms with van der Waals surface area (Å²) in [5.41, 5.74) is 0. The maximum Gasteiger partial charge on any atom is 0.0827 e. The van der Waals surface area contributed by atoms with Crippen molar-refractivity contribution in [2.75, 3.05) is 12.5 Å². The van der Waals surface area contributed by atoms with Gasteiger partial charge in [-0.15, -0.1) is 11.6 Å². The van der Waals surface area contributed by atoms with Gasteiger partial charge in [0.2, 0.25) is 0 Å². The zero-order chi connectivity index (χ0) is 7.98. The third-order valence-electron chi connectivity index (χ3n) is 1.13. The molecule has 0 radical (unpaired) electrons. The van der Waals surface area contributed by atoms with Crippen molar-refractivity contribution in [3.63, 3.8) is 0 Å². The highest BCUT2D eigenvalue weighted by molar-refractivity contribution is 14.1. The molecule has 0 aromatic heterocycles. The largest absolute Gasteiger partial charge is 0.232 e. The molecule has 0 bridgehead atoms. The van der Waals surface area contributed by atoms with E-state index >= 15 is 0 Å². The lowest BCUT2D eigenvalue weighted by Gasteiger charge is -2.14. The van der Waals surface area contributed by atoms with Crippen LogP contribution in [0, 0.1) is 0 Å². The molecule has 0 saturated carbocycles. The van der Waals surface area contributed by atoms with Gasteiger partial charge in [0.1, 0.15) is 0 Å². The minimum atomic E-state index is 0.591. The van der Waals surface area contributed by atoms with Crippen LogP contribution in [-0.2, 0) is 0 Å². The summed E-state index contributed by atoms with van der Waals surface area (Å²) < 4.78 is 2.06. The van der Waals surface area contributed by atoms with E-state index in [1.54, 1.807) is 0 Å². The minimum Gasteiger partial charge on any atom is -0.232 e. The number of hydrogen-bond donors (Lipinski definition) is 0. The first kappa shape index (κ1) is 11.5. The summed E-state index contributed by atoms with van der Waals surface area (Å²) in [6.07, 6.45) is 2.44. The second kappa shape index (κ2) is 7.13. The molecule has 0 aliphatic rings. The topological polar surface area (TPSA) is 3.24 Å². The van der Waals surface area contributed by atoms with Crippen LogP contribution in [0.1, 0.15) is 19.8 Å². The third-order valence-corrected chi connectivity index (χ3v) is 3.30. The standard InChI is InChI=1S/C6H12BrClIN/c1-2-3-6(7)4-10(9)5-8/h6H,2-5H2,1H3/t6-/m1/s1. The molecular formula is C6H12BrClIN. The van der Waals surface area contributed by atoms with Crippen LogP contribution in [0.15, 0.2) is 0 Å². The molecule has 0 unspecified atom stereocenters. The molecule has 1 nitrogen and oxygen atoms in total. The van der Waals surface area contributed by atoms with Gasteiger partial charge in [-0.1, -0.05) is 29.3 Å². The van der Waals surface area contributed by atoms with Crippen LogP contribution in [0.2, 0.25) is 0 Å². The van der Waals surface area contributed by atoms with E-state index in [0.29, 0.717) is 10.8 Å². The van der Waals surface area contributed by atoms with Crippen molar-refractivity contribution in [3.05, 3.63) is 0 Å². The molecule has 1 atom stereocenters. The van der Waals surface area contributed by atoms with Gasteiger partial charge in [0.15, 0.2) is 0 Å². The van der Waals surface area contributed by atoms with Gasteiger partial charge in [0, 0.05) is 34.2 Å². The first-order chi connectivity index (χ1) is 4.70. The summed E-state index contributed by atoms with van der Waals surface area (Å²) in [5.74, 6) is 0. The molecule has 0 aromatic rings. The SMILES string of the molecule is CCC[C@@H](Br)CN(I)CCl. The summed E-state index contributed by atoms with van der Waals surface area (Å²) in [6.45, 7) is 3.21. The van der Waals surface area contributed by atoms with Crippen LogP contribution >= 0.6 is 50.4 Å². The second-order valence-corrected chi connectivity index (χ2v) is 5.05. The molecule has 0 aliphatic heterocycles. The highest BCUT2D eigenvalue weighted by Crippen LogP contribution is 2.12. The smallest absolute Gasteiger partial charge is 0.0827 e. The highest BCUT2D eigenvalue weighted by atomic mass is 127. The second-order valence-electron chi connectivity index (χ2n) is 2.15. The molecular weight excluding hydrogens is 328 g/mol. The number of alkyl halides is 2. The molecule has 0 saturated heterocycles. The van der Waals surface area contributed by atoms with E-state index in [2.05, 4.69) is 48.8 Å². The van der Waals surface area contributed by atoms with Gasteiger partial charge in [0.25, 0.3) is 0 Å². The van der Waals surface area contributed by atoms with E-state index in [4.69, 9.17) is 11.6 Å². The molecule has 0 fully saturated rings. The van der Waals surface area contributed by atoms with E-state index in [-0.39, 0.29) is 0 Å². The van der Waals surface area contributed by atoms with Crippen molar-refractivity contribution >= 4 is 50.4 Å². The van der Waals surface area contributed by atoms with Gasteiger partial charge in [0.05, 0.1) is 6.00 Å². The Kier molecular flexibility index (Phi) is 8.17. The van der Waals surface area contributed by atoms with Gasteiger partial charge >= 0.3 is 0 Å². The molecule has 0 spiro atoms. The summed E-state index contributed by atoms with van der Waals surface area (Å²) in [7, 11) is 0. The van der Waals surface area contributed by atoms with Crippen molar-refractivity contribution in [1.29, 1.82) is 0 Å². The Morgan fingerprint density at radius 3 is 2.70 bits per heavy atom. The molecule has 10 heavy (non-hydrogen) atoms. The Labute approximate surface area is 90.1 Å². The van der Waals surface area contributed by atoms with Crippen LogP contribution < -0.4 is 0 Å². The fourth-order valence-corrected chi connectivity index (χ4v) is 2.59. The summed E-state index contributed by atoms with van der Waals surface area (Å²) in [4.78, 5) is 0.591. The average molecular weight is 340 g/mol. The van der Waals surface area contributed by atoms with E-state index in [0.717, 1.165) is 6.54 Å². The summed E-state index contributed by atoms with van der Waals surface area (Å²) in [5, 5.41) is 0. The molecule has 0 amide bonds. The molecule has 0 aliphatic carbocycles. The normalized spacial score (nSPS) is 14.1. The third kappa shape index (κ3) is 6.19. The van der Waals surface area contributed by atoms with E-state index in [9.17, 15) is 0 Å². The van der Waals surface area contributed by atoms with Gasteiger partial charge in [-0.25, -0.2) is 3.11 Å². The quantitative estimate of drug-likeness (QED) is 0.321. The molecule has 0 N–H and O–H groups in total. The van der Waals surface area contributed by atoms with Gasteiger partial charge in [-0.05, 0) is 6.42 Å². The lowest BCUT2D eigenvalue weighted by atomic mass is 10.2. The van der Waals surface area contributed by atoms with Crippen LogP contribution in [-0.4, -0.2) is 20.5 Å². The maximum absolute atomic E-state index is 5.59. The van der Waals surface area contributed by atoms with Crippen LogP contribution in [0.25, 0.3) is 0 Å². The van der Waals surface area contributed by atoms with Gasteiger partial charge in [-0.3, -0.25) is 0 Å². The number of rotatable bonds is 5. The Morgan fingerprint density at radius 1 is 1.70 bits per heavy atom. The lowest BCUT2D eigenvalue weighted by molar-refractivity contribution is 0.555. The van der Waals surface area contributed by atoms with Crippen molar-refractivity contribution in [2.45, 2.75) is 24.6 Å². The van der Waals surface area contributed by atoms with Gasteiger partial charge < -0.3 is 0 Å². The van der Waals surface area contributed by atoms with Gasteiger partial charge in [-0.2, -0.15) is 0 Å². The molecule has 0 aromatic carbocycles. The van der Waals surface area contributed by atoms with Crippen LogP contribution in [0.3, 0.4) is 0 Å². The Morgan fingerprint density at radius 2 is 2.30 bits per heavy atom.